The van der Waals surface area contributed by atoms with E-state index in [4.69, 9.17) is 13.7 Å². The van der Waals surface area contributed by atoms with Crippen LogP contribution in [0, 0.1) is 0 Å². The van der Waals surface area contributed by atoms with Gasteiger partial charge in [-0.1, -0.05) is 12.1 Å². The molecule has 0 aliphatic carbocycles. The van der Waals surface area contributed by atoms with E-state index in [1.807, 2.05) is 6.92 Å². The molecule has 2 aromatic carbocycles. The summed E-state index contributed by atoms with van der Waals surface area (Å²) in [6.07, 6.45) is 1.67. The van der Waals surface area contributed by atoms with E-state index in [0.29, 0.717) is 38.4 Å². The highest BCUT2D eigenvalue weighted by Gasteiger charge is 2.15. The van der Waals surface area contributed by atoms with Crippen molar-refractivity contribution in [2.24, 2.45) is 0 Å². The minimum Gasteiger partial charge on any atom is -0.494 e. The van der Waals surface area contributed by atoms with Gasteiger partial charge in [-0.2, -0.15) is 8.42 Å². The van der Waals surface area contributed by atoms with Crippen LogP contribution in [0.25, 0.3) is 0 Å². The molecule has 9 heteroatoms. The molecule has 30 heavy (non-hydrogen) atoms. The number of rotatable bonds is 11. The number of carbonyl (C=O) groups excluding carboxylic acids is 1. The highest BCUT2D eigenvalue weighted by Crippen LogP contribution is 2.18. The molecule has 0 aliphatic rings. The van der Waals surface area contributed by atoms with Crippen molar-refractivity contribution in [1.82, 2.24) is 4.90 Å². The number of urea groups is 1. The summed E-state index contributed by atoms with van der Waals surface area (Å²) >= 11 is 0. The van der Waals surface area contributed by atoms with Crippen LogP contribution in [0.1, 0.15) is 18.9 Å². The molecular formula is C21H28N2O6S. The van der Waals surface area contributed by atoms with E-state index in [0.717, 1.165) is 17.6 Å². The van der Waals surface area contributed by atoms with Gasteiger partial charge in [-0.05, 0) is 55.3 Å². The fourth-order valence-corrected chi connectivity index (χ4v) is 3.16. The van der Waals surface area contributed by atoms with Crippen molar-refractivity contribution in [3.8, 4) is 11.5 Å². The van der Waals surface area contributed by atoms with Gasteiger partial charge < -0.3 is 23.9 Å². The van der Waals surface area contributed by atoms with E-state index >= 15 is 0 Å². The Balaban J connectivity index is 2.05. The third-order valence-electron chi connectivity index (χ3n) is 4.02. The van der Waals surface area contributed by atoms with E-state index < -0.39 is 10.1 Å². The minimum absolute atomic E-state index is 0.228. The molecule has 0 aliphatic heterocycles. The van der Waals surface area contributed by atoms with Crippen LogP contribution in [0.2, 0.25) is 0 Å². The molecule has 0 atom stereocenters. The predicted octanol–water partition coefficient (Wildman–Crippen LogP) is 3.49. The summed E-state index contributed by atoms with van der Waals surface area (Å²) < 4.78 is 37.8. The third kappa shape index (κ3) is 8.30. The summed E-state index contributed by atoms with van der Waals surface area (Å²) in [7, 11) is -1.96. The predicted molar refractivity (Wildman–Crippen MR) is 115 cm³/mol. The van der Waals surface area contributed by atoms with Crippen LogP contribution in [0.5, 0.6) is 11.5 Å². The van der Waals surface area contributed by atoms with Crippen LogP contribution in [0.15, 0.2) is 48.5 Å². The molecule has 8 nitrogen and oxygen atoms in total. The Morgan fingerprint density at radius 3 is 2.23 bits per heavy atom. The number of nitrogens with one attached hydrogen (secondary N) is 1. The zero-order valence-electron chi connectivity index (χ0n) is 17.5. The molecular weight excluding hydrogens is 408 g/mol. The molecule has 0 spiro atoms. The number of hydrogen-bond acceptors (Lipinski definition) is 6. The molecule has 0 aromatic heterocycles. The second-order valence-corrected chi connectivity index (χ2v) is 8.16. The molecule has 1 N–H and O–H groups in total. The van der Waals surface area contributed by atoms with Crippen LogP contribution >= 0.6 is 0 Å². The van der Waals surface area contributed by atoms with Crippen molar-refractivity contribution in [1.29, 1.82) is 0 Å². The Morgan fingerprint density at radius 2 is 1.67 bits per heavy atom. The van der Waals surface area contributed by atoms with Gasteiger partial charge in [0.1, 0.15) is 11.5 Å². The first-order valence-corrected chi connectivity index (χ1v) is 11.4. The summed E-state index contributed by atoms with van der Waals surface area (Å²) in [5.41, 5.74) is 1.51. The lowest BCUT2D eigenvalue weighted by atomic mass is 10.2. The van der Waals surface area contributed by atoms with Gasteiger partial charge in [-0.15, -0.1) is 0 Å². The lowest BCUT2D eigenvalue weighted by molar-refractivity contribution is 0.171. The molecule has 2 amide bonds. The topological polar surface area (TPSA) is 94.2 Å². The van der Waals surface area contributed by atoms with Crippen molar-refractivity contribution in [2.45, 2.75) is 19.9 Å². The quantitative estimate of drug-likeness (QED) is 0.428. The van der Waals surface area contributed by atoms with Crippen LogP contribution in [0.4, 0.5) is 10.5 Å². The summed E-state index contributed by atoms with van der Waals surface area (Å²) in [6, 6.07) is 13.5. The molecule has 164 valence electrons. The van der Waals surface area contributed by atoms with E-state index in [9.17, 15) is 13.2 Å². The summed E-state index contributed by atoms with van der Waals surface area (Å²) in [6.45, 7) is 3.87. The molecule has 2 aromatic rings. The summed E-state index contributed by atoms with van der Waals surface area (Å²) in [5.74, 6) is 0.967. The van der Waals surface area contributed by atoms with Gasteiger partial charge in [0, 0.05) is 32.5 Å². The number of ether oxygens (including phenoxy) is 2. The Labute approximate surface area is 177 Å². The second-order valence-electron chi connectivity index (χ2n) is 6.59. The summed E-state index contributed by atoms with van der Waals surface area (Å²) in [5, 5.41) is 2.89. The highest BCUT2D eigenvalue weighted by molar-refractivity contribution is 7.86. The van der Waals surface area contributed by atoms with E-state index in [1.54, 1.807) is 60.5 Å². The third-order valence-corrected chi connectivity index (χ3v) is 4.52. The molecule has 0 bridgehead atoms. The molecule has 0 fully saturated rings. The first-order chi connectivity index (χ1) is 14.3. The second kappa shape index (κ2) is 11.4. The molecule has 0 saturated heterocycles. The normalized spacial score (nSPS) is 11.0. The van der Waals surface area contributed by atoms with E-state index in [1.165, 1.54) is 0 Å². The smallest absolute Gasteiger partial charge is 0.322 e. The Kier molecular flexibility index (Phi) is 8.94. The van der Waals surface area contributed by atoms with Crippen LogP contribution < -0.4 is 14.2 Å². The lowest BCUT2D eigenvalue weighted by Gasteiger charge is -2.23. The van der Waals surface area contributed by atoms with Crippen LogP contribution in [0.3, 0.4) is 0 Å². The number of amides is 2. The van der Waals surface area contributed by atoms with Crippen molar-refractivity contribution in [2.75, 3.05) is 38.4 Å². The minimum atomic E-state index is -3.58. The maximum atomic E-state index is 12.8. The maximum absolute atomic E-state index is 12.8. The first kappa shape index (κ1) is 23.5. The average Bonchev–Trinajstić information content (AvgIpc) is 2.69. The van der Waals surface area contributed by atoms with Gasteiger partial charge >= 0.3 is 16.1 Å². The van der Waals surface area contributed by atoms with Gasteiger partial charge in [-0.3, -0.25) is 0 Å². The zero-order valence-corrected chi connectivity index (χ0v) is 18.3. The van der Waals surface area contributed by atoms with Crippen molar-refractivity contribution >= 4 is 21.8 Å². The van der Waals surface area contributed by atoms with E-state index in [-0.39, 0.29) is 11.8 Å². The fraction of sp³-hybridized carbons (Fsp3) is 0.381. The van der Waals surface area contributed by atoms with Crippen LogP contribution in [-0.4, -0.2) is 52.5 Å². The van der Waals surface area contributed by atoms with Crippen molar-refractivity contribution in [3.05, 3.63) is 54.1 Å². The monoisotopic (exact) mass is 436 g/mol. The Bertz CT molecular complexity index is 898. The van der Waals surface area contributed by atoms with Gasteiger partial charge in [0.15, 0.2) is 0 Å². The standard InChI is InChI=1S/C21H28N2O6S/c1-4-28-19-12-8-18(9-13-19)22-21(24)23(14-5-15-27-2)16-17-6-10-20(11-7-17)29-30(3,25)26/h6-13H,4-5,14-16H2,1-3H3,(H,22,24). The SMILES string of the molecule is CCOc1ccc(NC(=O)N(CCCOC)Cc2ccc(OS(C)(=O)=O)cc2)cc1. The Morgan fingerprint density at radius 1 is 1.03 bits per heavy atom. The number of anilines is 1. The fourth-order valence-electron chi connectivity index (χ4n) is 2.70. The van der Waals surface area contributed by atoms with Crippen LogP contribution in [-0.2, 0) is 21.4 Å². The summed E-state index contributed by atoms with van der Waals surface area (Å²) in [4.78, 5) is 14.5. The van der Waals surface area contributed by atoms with Gasteiger partial charge in [0.05, 0.1) is 12.9 Å². The molecule has 0 heterocycles. The number of methoxy groups -OCH3 is 1. The number of benzene rings is 2. The van der Waals surface area contributed by atoms with Gasteiger partial charge in [0.2, 0.25) is 0 Å². The number of hydrogen-bond donors (Lipinski definition) is 1. The maximum Gasteiger partial charge on any atom is 0.322 e. The highest BCUT2D eigenvalue weighted by atomic mass is 32.2. The average molecular weight is 437 g/mol. The molecule has 0 saturated carbocycles. The zero-order chi connectivity index (χ0) is 22.0. The molecule has 2 rings (SSSR count). The van der Waals surface area contributed by atoms with Crippen molar-refractivity contribution < 1.29 is 26.9 Å². The molecule has 0 unspecified atom stereocenters. The number of carbonyl (C=O) groups is 1. The Hall–Kier alpha value is -2.78. The first-order valence-electron chi connectivity index (χ1n) is 9.57. The van der Waals surface area contributed by atoms with Gasteiger partial charge in [-0.25, -0.2) is 4.79 Å². The van der Waals surface area contributed by atoms with E-state index in [2.05, 4.69) is 5.32 Å². The van der Waals surface area contributed by atoms with Crippen molar-refractivity contribution in [3.63, 3.8) is 0 Å². The molecule has 0 radical (unpaired) electrons. The van der Waals surface area contributed by atoms with Gasteiger partial charge in [0.25, 0.3) is 0 Å². The lowest BCUT2D eigenvalue weighted by Crippen LogP contribution is -2.35. The largest absolute Gasteiger partial charge is 0.494 e. The number of nitrogens with zero attached hydrogens (tertiary/aromatic N) is 1.